The molecule has 1 fully saturated rings. The Morgan fingerprint density at radius 1 is 1.08 bits per heavy atom. The molecule has 5 heteroatoms. The van der Waals surface area contributed by atoms with Crippen molar-refractivity contribution in [1.82, 2.24) is 9.47 Å². The zero-order valence-electron chi connectivity index (χ0n) is 14.3. The molecule has 26 heavy (non-hydrogen) atoms. The second kappa shape index (κ2) is 6.77. The number of hydrogen-bond acceptors (Lipinski definition) is 3. The molecule has 1 aromatic heterocycles. The van der Waals surface area contributed by atoms with Gasteiger partial charge in [-0.25, -0.2) is 0 Å². The van der Waals surface area contributed by atoms with Crippen LogP contribution in [-0.2, 0) is 6.54 Å². The largest absolute Gasteiger partial charge is 0.391 e. The van der Waals surface area contributed by atoms with Gasteiger partial charge in [-0.15, -0.1) is 0 Å². The van der Waals surface area contributed by atoms with E-state index in [1.54, 1.807) is 17.2 Å². The molecule has 1 aliphatic heterocycles. The van der Waals surface area contributed by atoms with Crippen LogP contribution in [0, 0.1) is 0 Å². The Kier molecular flexibility index (Phi) is 4.31. The van der Waals surface area contributed by atoms with Gasteiger partial charge in [0.25, 0.3) is 5.91 Å². The predicted octanol–water partition coefficient (Wildman–Crippen LogP) is 2.26. The first-order chi connectivity index (χ1) is 12.6. The summed E-state index contributed by atoms with van der Waals surface area (Å²) in [6.07, 6.45) is 1.70. The number of hydrogen-bond donors (Lipinski definition) is 1. The Hall–Kier alpha value is -2.92. The molecule has 0 unspecified atom stereocenters. The van der Waals surface area contributed by atoms with Gasteiger partial charge in [-0.3, -0.25) is 9.59 Å². The number of carbonyl (C=O) groups excluding carboxylic acids is 1. The maximum absolute atomic E-state index is 12.9. The van der Waals surface area contributed by atoms with Gasteiger partial charge in [0.15, 0.2) is 0 Å². The normalized spacial score (nSPS) is 17.0. The lowest BCUT2D eigenvalue weighted by molar-refractivity contribution is 0.0763. The van der Waals surface area contributed by atoms with Gasteiger partial charge in [0.05, 0.1) is 11.6 Å². The van der Waals surface area contributed by atoms with Crippen LogP contribution >= 0.6 is 0 Å². The molecule has 1 aliphatic rings. The average molecular weight is 348 g/mol. The van der Waals surface area contributed by atoms with E-state index in [0.717, 1.165) is 11.1 Å². The van der Waals surface area contributed by atoms with E-state index in [2.05, 4.69) is 0 Å². The first-order valence-corrected chi connectivity index (χ1v) is 8.77. The summed E-state index contributed by atoms with van der Waals surface area (Å²) >= 11 is 0. The van der Waals surface area contributed by atoms with Crippen molar-refractivity contribution in [2.24, 2.45) is 0 Å². The molecule has 2 heterocycles. The predicted molar refractivity (Wildman–Crippen MR) is 100 cm³/mol. The van der Waals surface area contributed by atoms with Gasteiger partial charge in [-0.05, 0) is 24.1 Å². The van der Waals surface area contributed by atoms with Gasteiger partial charge in [0.2, 0.25) is 5.43 Å². The van der Waals surface area contributed by atoms with E-state index in [1.807, 2.05) is 53.1 Å². The SMILES string of the molecule is O=C(c1cn(Cc2ccccc2)c2ccccc2c1=O)N1CC[C@@H](O)C1. The van der Waals surface area contributed by atoms with Crippen molar-refractivity contribution in [2.45, 2.75) is 19.1 Å². The number of carbonyl (C=O) groups is 1. The molecule has 0 aliphatic carbocycles. The third-order valence-corrected chi connectivity index (χ3v) is 4.86. The van der Waals surface area contributed by atoms with Gasteiger partial charge in [0, 0.05) is 31.2 Å². The average Bonchev–Trinajstić information content (AvgIpc) is 3.11. The summed E-state index contributed by atoms with van der Waals surface area (Å²) in [7, 11) is 0. The minimum Gasteiger partial charge on any atom is -0.391 e. The molecule has 5 nitrogen and oxygen atoms in total. The lowest BCUT2D eigenvalue weighted by Crippen LogP contribution is -2.34. The topological polar surface area (TPSA) is 62.5 Å². The molecule has 0 saturated carbocycles. The number of aliphatic hydroxyl groups excluding tert-OH is 1. The van der Waals surface area contributed by atoms with Crippen LogP contribution in [0.25, 0.3) is 10.9 Å². The van der Waals surface area contributed by atoms with Gasteiger partial charge in [-0.2, -0.15) is 0 Å². The molecule has 3 aromatic rings. The highest BCUT2D eigenvalue weighted by atomic mass is 16.3. The molecule has 1 N–H and O–H groups in total. The van der Waals surface area contributed by atoms with Crippen LogP contribution in [0.4, 0.5) is 0 Å². The van der Waals surface area contributed by atoms with Crippen molar-refractivity contribution in [2.75, 3.05) is 13.1 Å². The van der Waals surface area contributed by atoms with E-state index < -0.39 is 6.10 Å². The Bertz CT molecular complexity index is 1010. The Morgan fingerprint density at radius 3 is 2.54 bits per heavy atom. The number of rotatable bonds is 3. The molecule has 1 amide bonds. The van der Waals surface area contributed by atoms with Crippen LogP contribution < -0.4 is 5.43 Å². The summed E-state index contributed by atoms with van der Waals surface area (Å²) in [5.74, 6) is -0.306. The number of likely N-dealkylation sites (tertiary alicyclic amines) is 1. The van der Waals surface area contributed by atoms with Crippen molar-refractivity contribution >= 4 is 16.8 Å². The van der Waals surface area contributed by atoms with E-state index >= 15 is 0 Å². The molecule has 2 aromatic carbocycles. The molecule has 0 bridgehead atoms. The fraction of sp³-hybridized carbons (Fsp3) is 0.238. The summed E-state index contributed by atoms with van der Waals surface area (Å²) in [6.45, 7) is 1.33. The Balaban J connectivity index is 1.82. The number of benzene rings is 2. The van der Waals surface area contributed by atoms with Crippen LogP contribution in [0.1, 0.15) is 22.3 Å². The molecule has 0 radical (unpaired) electrons. The van der Waals surface area contributed by atoms with E-state index in [9.17, 15) is 14.7 Å². The van der Waals surface area contributed by atoms with Gasteiger partial charge < -0.3 is 14.6 Å². The maximum atomic E-state index is 12.9. The number of aromatic nitrogens is 1. The third-order valence-electron chi connectivity index (χ3n) is 4.86. The fourth-order valence-corrected chi connectivity index (χ4v) is 3.51. The standard InChI is InChI=1S/C21H20N2O3/c24-16-10-11-22(13-16)21(26)18-14-23(12-15-6-2-1-3-7-15)19-9-5-4-8-17(19)20(18)25/h1-9,14,16,24H,10-13H2/t16-/m1/s1. The Morgan fingerprint density at radius 2 is 1.81 bits per heavy atom. The number of pyridine rings is 1. The minimum atomic E-state index is -0.508. The molecule has 132 valence electrons. The van der Waals surface area contributed by atoms with Crippen LogP contribution in [0.15, 0.2) is 65.6 Å². The summed E-state index contributed by atoms with van der Waals surface area (Å²) in [5, 5.41) is 10.2. The number of para-hydroxylation sites is 1. The van der Waals surface area contributed by atoms with Gasteiger partial charge >= 0.3 is 0 Å². The zero-order chi connectivity index (χ0) is 18.1. The van der Waals surface area contributed by atoms with Gasteiger partial charge in [0.1, 0.15) is 5.56 Å². The summed E-state index contributed by atoms with van der Waals surface area (Å²) in [6, 6.07) is 17.3. The number of amides is 1. The highest BCUT2D eigenvalue weighted by molar-refractivity contribution is 5.97. The lowest BCUT2D eigenvalue weighted by Gasteiger charge is -2.18. The first-order valence-electron chi connectivity index (χ1n) is 8.77. The van der Waals surface area contributed by atoms with Crippen LogP contribution in [0.3, 0.4) is 0 Å². The molecule has 1 saturated heterocycles. The van der Waals surface area contributed by atoms with Crippen LogP contribution in [0.2, 0.25) is 0 Å². The number of nitrogens with zero attached hydrogens (tertiary/aromatic N) is 2. The van der Waals surface area contributed by atoms with E-state index in [1.165, 1.54) is 0 Å². The second-order valence-corrected chi connectivity index (χ2v) is 6.70. The maximum Gasteiger partial charge on any atom is 0.259 e. The van der Waals surface area contributed by atoms with Crippen molar-refractivity contribution in [3.63, 3.8) is 0 Å². The molecular weight excluding hydrogens is 328 g/mol. The summed E-state index contributed by atoms with van der Waals surface area (Å²) in [5.41, 5.74) is 1.81. The molecular formula is C21H20N2O3. The number of aliphatic hydroxyl groups is 1. The monoisotopic (exact) mass is 348 g/mol. The molecule has 0 spiro atoms. The number of fused-ring (bicyclic) bond motifs is 1. The molecule has 4 rings (SSSR count). The van der Waals surface area contributed by atoms with Crippen molar-refractivity contribution in [3.05, 3.63) is 82.1 Å². The van der Waals surface area contributed by atoms with E-state index in [-0.39, 0.29) is 23.4 Å². The number of β-amino-alcohol motifs (C(OH)–C–C–N with tert-alkyl or cyclic N) is 1. The van der Waals surface area contributed by atoms with E-state index in [0.29, 0.717) is 24.9 Å². The smallest absolute Gasteiger partial charge is 0.259 e. The highest BCUT2D eigenvalue weighted by Crippen LogP contribution is 2.17. The van der Waals surface area contributed by atoms with E-state index in [4.69, 9.17) is 0 Å². The second-order valence-electron chi connectivity index (χ2n) is 6.70. The highest BCUT2D eigenvalue weighted by Gasteiger charge is 2.27. The first kappa shape index (κ1) is 16.5. The summed E-state index contributed by atoms with van der Waals surface area (Å²) in [4.78, 5) is 27.3. The fourth-order valence-electron chi connectivity index (χ4n) is 3.51. The quantitative estimate of drug-likeness (QED) is 0.790. The lowest BCUT2D eigenvalue weighted by atomic mass is 10.1. The van der Waals surface area contributed by atoms with Crippen molar-refractivity contribution in [3.8, 4) is 0 Å². The Labute approximate surface area is 151 Å². The minimum absolute atomic E-state index is 0.161. The van der Waals surface area contributed by atoms with Crippen molar-refractivity contribution in [1.29, 1.82) is 0 Å². The van der Waals surface area contributed by atoms with Crippen LogP contribution in [-0.4, -0.2) is 39.7 Å². The molecule has 1 atom stereocenters. The third kappa shape index (κ3) is 3.02. The zero-order valence-corrected chi connectivity index (χ0v) is 14.3. The van der Waals surface area contributed by atoms with Crippen LogP contribution in [0.5, 0.6) is 0 Å². The summed E-state index contributed by atoms with van der Waals surface area (Å²) < 4.78 is 1.95. The van der Waals surface area contributed by atoms with Gasteiger partial charge in [-0.1, -0.05) is 42.5 Å². The van der Waals surface area contributed by atoms with Crippen molar-refractivity contribution < 1.29 is 9.90 Å².